The Kier molecular flexibility index (Phi) is 3.96. The third-order valence-corrected chi connectivity index (χ3v) is 2.98. The van der Waals surface area contributed by atoms with Crippen molar-refractivity contribution in [3.05, 3.63) is 29.8 Å². The lowest BCUT2D eigenvalue weighted by molar-refractivity contribution is -0.140. The van der Waals surface area contributed by atoms with E-state index in [-0.39, 0.29) is 12.2 Å². The number of benzene rings is 1. The minimum atomic E-state index is -1.02. The first-order chi connectivity index (χ1) is 8.24. The van der Waals surface area contributed by atoms with E-state index in [0.717, 1.165) is 0 Å². The molecule has 98 valence electrons. The van der Waals surface area contributed by atoms with Crippen LogP contribution in [-0.2, 0) is 9.59 Å². The fourth-order valence-corrected chi connectivity index (χ4v) is 1.67. The van der Waals surface area contributed by atoms with Gasteiger partial charge in [-0.2, -0.15) is 0 Å². The lowest BCUT2D eigenvalue weighted by atomic mass is 9.79. The Hall–Kier alpha value is -2.04. The van der Waals surface area contributed by atoms with Gasteiger partial charge in [0.25, 0.3) is 0 Å². The van der Waals surface area contributed by atoms with Crippen molar-refractivity contribution in [2.75, 3.05) is 0 Å². The summed E-state index contributed by atoms with van der Waals surface area (Å²) in [6, 6.07) is 5.90. The van der Waals surface area contributed by atoms with E-state index in [1.54, 1.807) is 13.8 Å². The van der Waals surface area contributed by atoms with Crippen molar-refractivity contribution in [2.45, 2.75) is 26.2 Å². The summed E-state index contributed by atoms with van der Waals surface area (Å²) >= 11 is 0. The van der Waals surface area contributed by atoms with Crippen molar-refractivity contribution in [1.29, 1.82) is 0 Å². The largest absolute Gasteiger partial charge is 0.508 e. The van der Waals surface area contributed by atoms with E-state index < -0.39 is 23.2 Å². The van der Waals surface area contributed by atoms with E-state index in [2.05, 4.69) is 0 Å². The molecule has 0 spiro atoms. The molecule has 0 fully saturated rings. The van der Waals surface area contributed by atoms with Gasteiger partial charge >= 0.3 is 5.97 Å². The number of aromatic hydroxyl groups is 1. The molecule has 1 aromatic carbocycles. The molecule has 0 saturated carbocycles. The van der Waals surface area contributed by atoms with Gasteiger partial charge in [-0.05, 0) is 24.1 Å². The fraction of sp³-hybridized carbons (Fsp3) is 0.385. The van der Waals surface area contributed by atoms with E-state index in [0.29, 0.717) is 5.56 Å². The Bertz CT molecular complexity index is 451. The number of carboxylic acids is 1. The third kappa shape index (κ3) is 3.23. The number of primary amides is 1. The van der Waals surface area contributed by atoms with Gasteiger partial charge in [0.2, 0.25) is 5.91 Å². The van der Waals surface area contributed by atoms with Gasteiger partial charge in [0.15, 0.2) is 0 Å². The summed E-state index contributed by atoms with van der Waals surface area (Å²) < 4.78 is 0. The summed E-state index contributed by atoms with van der Waals surface area (Å²) in [7, 11) is 0. The lowest BCUT2D eigenvalue weighted by Crippen LogP contribution is -2.34. The van der Waals surface area contributed by atoms with Crippen molar-refractivity contribution >= 4 is 11.9 Å². The second-order valence-corrected chi connectivity index (χ2v) is 4.93. The van der Waals surface area contributed by atoms with E-state index in [4.69, 9.17) is 5.73 Å². The molecule has 5 heteroatoms. The fourth-order valence-electron chi connectivity index (χ4n) is 1.67. The molecule has 1 aromatic rings. The molecule has 0 bridgehead atoms. The first-order valence-electron chi connectivity index (χ1n) is 5.55. The van der Waals surface area contributed by atoms with Crippen LogP contribution < -0.4 is 5.73 Å². The summed E-state index contributed by atoms with van der Waals surface area (Å²) in [5.74, 6) is -2.31. The quantitative estimate of drug-likeness (QED) is 0.737. The Morgan fingerprint density at radius 3 is 2.17 bits per heavy atom. The van der Waals surface area contributed by atoms with Gasteiger partial charge in [0, 0.05) is 5.41 Å². The lowest BCUT2D eigenvalue weighted by Gasteiger charge is -2.24. The molecule has 1 rings (SSSR count). The van der Waals surface area contributed by atoms with Crippen LogP contribution in [0, 0.1) is 5.41 Å². The maximum atomic E-state index is 11.3. The van der Waals surface area contributed by atoms with Gasteiger partial charge < -0.3 is 15.9 Å². The molecule has 1 unspecified atom stereocenters. The molecule has 18 heavy (non-hydrogen) atoms. The molecular weight excluding hydrogens is 234 g/mol. The number of phenolic OH excluding ortho intramolecular Hbond substituents is 1. The summed E-state index contributed by atoms with van der Waals surface area (Å²) in [6.45, 7) is 3.23. The number of carbonyl (C=O) groups excluding carboxylic acids is 1. The Morgan fingerprint density at radius 2 is 1.78 bits per heavy atom. The minimum Gasteiger partial charge on any atom is -0.508 e. The summed E-state index contributed by atoms with van der Waals surface area (Å²) in [5, 5.41) is 18.4. The number of aliphatic carboxylic acids is 1. The predicted octanol–water partition coefficient (Wildman–Crippen LogP) is 1.46. The minimum absolute atomic E-state index is 0.0667. The van der Waals surface area contributed by atoms with Crippen LogP contribution in [-0.4, -0.2) is 22.1 Å². The summed E-state index contributed by atoms with van der Waals surface area (Å²) in [5.41, 5.74) is 4.88. The molecule has 0 aliphatic rings. The second kappa shape index (κ2) is 5.08. The molecule has 0 aliphatic heterocycles. The van der Waals surface area contributed by atoms with Gasteiger partial charge in [-0.15, -0.1) is 0 Å². The zero-order valence-electron chi connectivity index (χ0n) is 10.4. The highest BCUT2D eigenvalue weighted by molar-refractivity contribution is 5.82. The molecule has 0 radical (unpaired) electrons. The average molecular weight is 251 g/mol. The van der Waals surface area contributed by atoms with Gasteiger partial charge in [0.05, 0.1) is 5.92 Å². The Balaban J connectivity index is 3.01. The number of amides is 1. The normalized spacial score (nSPS) is 13.0. The van der Waals surface area contributed by atoms with Gasteiger partial charge in [0.1, 0.15) is 5.75 Å². The number of hydrogen-bond acceptors (Lipinski definition) is 3. The number of hydrogen-bond donors (Lipinski definition) is 3. The van der Waals surface area contributed by atoms with E-state index in [1.807, 2.05) is 0 Å². The first-order valence-corrected chi connectivity index (χ1v) is 5.55. The third-order valence-electron chi connectivity index (χ3n) is 2.98. The zero-order valence-corrected chi connectivity index (χ0v) is 10.4. The SMILES string of the molecule is CC(C)(CC(C(=O)O)c1ccc(O)cc1)C(N)=O. The Labute approximate surface area is 105 Å². The first kappa shape index (κ1) is 14.0. The van der Waals surface area contributed by atoms with Crippen LogP contribution in [0.3, 0.4) is 0 Å². The predicted molar refractivity (Wildman–Crippen MR) is 66.1 cm³/mol. The Morgan fingerprint density at radius 1 is 1.28 bits per heavy atom. The van der Waals surface area contributed by atoms with E-state index >= 15 is 0 Å². The number of phenols is 1. The standard InChI is InChI=1S/C13H17NO4/c1-13(2,12(14)18)7-10(11(16)17)8-3-5-9(15)6-4-8/h3-6,10,15H,7H2,1-2H3,(H2,14,18)(H,16,17). The molecule has 1 amide bonds. The highest BCUT2D eigenvalue weighted by atomic mass is 16.4. The van der Waals surface area contributed by atoms with Crippen molar-refractivity contribution in [2.24, 2.45) is 11.1 Å². The van der Waals surface area contributed by atoms with Gasteiger partial charge in [-0.25, -0.2) is 0 Å². The summed E-state index contributed by atoms with van der Waals surface area (Å²) in [6.07, 6.45) is 0.114. The van der Waals surface area contributed by atoms with Gasteiger partial charge in [-0.3, -0.25) is 9.59 Å². The zero-order chi connectivity index (χ0) is 13.9. The monoisotopic (exact) mass is 251 g/mol. The number of carboxylic acid groups (broad SMARTS) is 1. The van der Waals surface area contributed by atoms with Crippen LogP contribution in [0.5, 0.6) is 5.75 Å². The van der Waals surface area contributed by atoms with Crippen molar-refractivity contribution in [3.63, 3.8) is 0 Å². The maximum Gasteiger partial charge on any atom is 0.311 e. The molecule has 0 saturated heterocycles. The molecule has 1 atom stereocenters. The molecular formula is C13H17NO4. The highest BCUT2D eigenvalue weighted by Gasteiger charge is 2.33. The van der Waals surface area contributed by atoms with Crippen LogP contribution in [0.4, 0.5) is 0 Å². The summed E-state index contributed by atoms with van der Waals surface area (Å²) in [4.78, 5) is 22.5. The topological polar surface area (TPSA) is 101 Å². The van der Waals surface area contributed by atoms with Crippen molar-refractivity contribution < 1.29 is 19.8 Å². The van der Waals surface area contributed by atoms with Crippen LogP contribution in [0.2, 0.25) is 0 Å². The van der Waals surface area contributed by atoms with Crippen LogP contribution >= 0.6 is 0 Å². The number of nitrogens with two attached hydrogens (primary N) is 1. The van der Waals surface area contributed by atoms with E-state index in [1.165, 1.54) is 24.3 Å². The van der Waals surface area contributed by atoms with E-state index in [9.17, 15) is 19.8 Å². The van der Waals surface area contributed by atoms with Crippen LogP contribution in [0.1, 0.15) is 31.7 Å². The van der Waals surface area contributed by atoms with Crippen molar-refractivity contribution in [3.8, 4) is 5.75 Å². The molecule has 0 heterocycles. The molecule has 0 aromatic heterocycles. The molecule has 4 N–H and O–H groups in total. The molecule has 5 nitrogen and oxygen atoms in total. The van der Waals surface area contributed by atoms with Gasteiger partial charge in [-0.1, -0.05) is 26.0 Å². The number of carbonyl (C=O) groups is 2. The van der Waals surface area contributed by atoms with Crippen molar-refractivity contribution in [1.82, 2.24) is 0 Å². The number of rotatable bonds is 5. The molecule has 0 aliphatic carbocycles. The smallest absolute Gasteiger partial charge is 0.311 e. The average Bonchev–Trinajstić information content (AvgIpc) is 2.27. The highest BCUT2D eigenvalue weighted by Crippen LogP contribution is 2.32. The maximum absolute atomic E-state index is 11.3. The van der Waals surface area contributed by atoms with Crippen LogP contribution in [0.15, 0.2) is 24.3 Å². The van der Waals surface area contributed by atoms with Crippen LogP contribution in [0.25, 0.3) is 0 Å². The second-order valence-electron chi connectivity index (χ2n) is 4.93.